The van der Waals surface area contributed by atoms with Gasteiger partial charge in [-0.1, -0.05) is 18.3 Å². The minimum absolute atomic E-state index is 0.0203. The molecule has 0 aliphatic rings. The Morgan fingerprint density at radius 1 is 1.15 bits per heavy atom. The molecule has 0 atom stereocenters. The molecule has 0 aliphatic carbocycles. The van der Waals surface area contributed by atoms with E-state index in [9.17, 15) is 13.2 Å². The van der Waals surface area contributed by atoms with Gasteiger partial charge in [-0.2, -0.15) is 4.99 Å². The van der Waals surface area contributed by atoms with E-state index in [2.05, 4.69) is 4.99 Å². The maximum absolute atomic E-state index is 12.6. The fourth-order valence-electron chi connectivity index (χ4n) is 2.69. The summed E-state index contributed by atoms with van der Waals surface area (Å²) in [6, 6.07) is 11.6. The summed E-state index contributed by atoms with van der Waals surface area (Å²) in [6.45, 7) is 4.25. The number of carbonyl (C=O) groups is 1. The monoisotopic (exact) mass is 404 g/mol. The molecule has 27 heavy (non-hydrogen) atoms. The predicted octanol–water partition coefficient (Wildman–Crippen LogP) is 3.27. The molecular formula is C19H20N2O4S2. The quantitative estimate of drug-likeness (QED) is 0.654. The van der Waals surface area contributed by atoms with Crippen molar-refractivity contribution in [2.75, 3.05) is 12.9 Å². The number of hydrogen-bond acceptors (Lipinski definition) is 5. The molecule has 1 amide bonds. The maximum atomic E-state index is 12.6. The number of benzene rings is 2. The molecule has 0 saturated carbocycles. The number of nitrogens with zero attached hydrogens (tertiary/aromatic N) is 2. The van der Waals surface area contributed by atoms with Crippen LogP contribution in [0.3, 0.4) is 0 Å². The van der Waals surface area contributed by atoms with Gasteiger partial charge < -0.3 is 9.30 Å². The number of sulfone groups is 1. The molecular weight excluding hydrogens is 384 g/mol. The van der Waals surface area contributed by atoms with Gasteiger partial charge >= 0.3 is 0 Å². The van der Waals surface area contributed by atoms with Gasteiger partial charge in [0, 0.05) is 12.1 Å². The van der Waals surface area contributed by atoms with Crippen LogP contribution < -0.4 is 9.54 Å². The molecule has 3 aromatic rings. The van der Waals surface area contributed by atoms with Crippen LogP contribution in [0.15, 0.2) is 52.4 Å². The minimum atomic E-state index is -3.29. The second kappa shape index (κ2) is 7.66. The lowest BCUT2D eigenvalue weighted by Gasteiger charge is -2.03. The Bertz CT molecular complexity index is 1160. The molecule has 0 radical (unpaired) electrons. The number of fused-ring (bicyclic) bond motifs is 1. The summed E-state index contributed by atoms with van der Waals surface area (Å²) in [5.41, 5.74) is 1.34. The van der Waals surface area contributed by atoms with Gasteiger partial charge in [0.2, 0.25) is 0 Å². The van der Waals surface area contributed by atoms with E-state index in [1.54, 1.807) is 14.0 Å². The van der Waals surface area contributed by atoms with Crippen molar-refractivity contribution in [2.45, 2.75) is 25.3 Å². The third-order valence-electron chi connectivity index (χ3n) is 4.24. The van der Waals surface area contributed by atoms with E-state index in [0.717, 1.165) is 16.0 Å². The summed E-state index contributed by atoms with van der Waals surface area (Å²) in [7, 11) is -1.68. The second-order valence-corrected chi connectivity index (χ2v) is 9.09. The van der Waals surface area contributed by atoms with Crippen molar-refractivity contribution in [2.24, 2.45) is 4.99 Å². The van der Waals surface area contributed by atoms with Crippen LogP contribution in [0.1, 0.15) is 24.2 Å². The Kier molecular flexibility index (Phi) is 5.48. The van der Waals surface area contributed by atoms with Crippen LogP contribution in [0.25, 0.3) is 10.2 Å². The number of aryl methyl sites for hydroxylation is 1. The number of methoxy groups -OCH3 is 1. The van der Waals surface area contributed by atoms with Gasteiger partial charge in [-0.05, 0) is 49.4 Å². The first kappa shape index (κ1) is 19.3. The van der Waals surface area contributed by atoms with Crippen LogP contribution in [0, 0.1) is 0 Å². The highest BCUT2D eigenvalue weighted by molar-refractivity contribution is 7.91. The summed E-state index contributed by atoms with van der Waals surface area (Å²) < 4.78 is 32.0. The van der Waals surface area contributed by atoms with Crippen molar-refractivity contribution in [3.63, 3.8) is 0 Å². The standard InChI is InChI=1S/C19H20N2O4S2/c1-4-21-16-11-8-14(25-3)12-17(16)26-19(21)20-18(22)13-6-9-15(10-7-13)27(23,24)5-2/h6-12H,4-5H2,1-3H3. The number of thiazole rings is 1. The maximum Gasteiger partial charge on any atom is 0.279 e. The van der Waals surface area contributed by atoms with Crippen LogP contribution in [0.5, 0.6) is 5.75 Å². The number of aromatic nitrogens is 1. The first-order valence-electron chi connectivity index (χ1n) is 8.49. The van der Waals surface area contributed by atoms with Gasteiger partial charge in [-0.3, -0.25) is 4.79 Å². The third-order valence-corrected chi connectivity index (χ3v) is 7.04. The lowest BCUT2D eigenvalue weighted by Crippen LogP contribution is -2.16. The van der Waals surface area contributed by atoms with Crippen LogP contribution >= 0.6 is 11.3 Å². The zero-order valence-electron chi connectivity index (χ0n) is 15.3. The van der Waals surface area contributed by atoms with Crippen molar-refractivity contribution < 1.29 is 17.9 Å². The first-order chi connectivity index (χ1) is 12.9. The normalized spacial score (nSPS) is 12.5. The van der Waals surface area contributed by atoms with E-state index in [1.807, 2.05) is 29.7 Å². The Balaban J connectivity index is 2.02. The molecule has 2 aromatic carbocycles. The average molecular weight is 405 g/mol. The number of rotatable bonds is 5. The molecule has 0 saturated heterocycles. The lowest BCUT2D eigenvalue weighted by molar-refractivity contribution is 0.0997. The topological polar surface area (TPSA) is 77.7 Å². The molecule has 1 heterocycles. The number of ether oxygens (including phenoxy) is 1. The van der Waals surface area contributed by atoms with Gasteiger partial charge in [-0.15, -0.1) is 0 Å². The molecule has 0 bridgehead atoms. The Hall–Kier alpha value is -2.45. The van der Waals surface area contributed by atoms with Crippen molar-refractivity contribution in [1.29, 1.82) is 0 Å². The lowest BCUT2D eigenvalue weighted by atomic mass is 10.2. The molecule has 0 fully saturated rings. The Morgan fingerprint density at radius 3 is 2.44 bits per heavy atom. The largest absolute Gasteiger partial charge is 0.497 e. The van der Waals surface area contributed by atoms with Crippen molar-refractivity contribution >= 4 is 37.3 Å². The summed E-state index contributed by atoms with van der Waals surface area (Å²) in [4.78, 5) is 17.6. The second-order valence-electron chi connectivity index (χ2n) is 5.81. The highest BCUT2D eigenvalue weighted by Crippen LogP contribution is 2.23. The summed E-state index contributed by atoms with van der Waals surface area (Å²) in [6.07, 6.45) is 0. The molecule has 0 N–H and O–H groups in total. The predicted molar refractivity (Wildman–Crippen MR) is 106 cm³/mol. The van der Waals surface area contributed by atoms with E-state index >= 15 is 0 Å². The number of carbonyl (C=O) groups excluding carboxylic acids is 1. The number of hydrogen-bond donors (Lipinski definition) is 0. The highest BCUT2D eigenvalue weighted by atomic mass is 32.2. The molecule has 142 valence electrons. The molecule has 0 unspecified atom stereocenters. The third kappa shape index (κ3) is 3.81. The fraction of sp³-hybridized carbons (Fsp3) is 0.263. The van der Waals surface area contributed by atoms with E-state index in [4.69, 9.17) is 4.74 Å². The van der Waals surface area contributed by atoms with Crippen LogP contribution in [-0.4, -0.2) is 31.8 Å². The van der Waals surface area contributed by atoms with Gasteiger partial charge in [-0.25, -0.2) is 8.42 Å². The summed E-state index contributed by atoms with van der Waals surface area (Å²) in [5.74, 6) is 0.362. The van der Waals surface area contributed by atoms with E-state index in [-0.39, 0.29) is 10.6 Å². The summed E-state index contributed by atoms with van der Waals surface area (Å²) >= 11 is 1.41. The van der Waals surface area contributed by atoms with Crippen LogP contribution in [0.4, 0.5) is 0 Å². The molecule has 6 nitrogen and oxygen atoms in total. The van der Waals surface area contributed by atoms with Gasteiger partial charge in [0.05, 0.1) is 28.0 Å². The molecule has 0 spiro atoms. The fourth-order valence-corrected chi connectivity index (χ4v) is 4.70. The van der Waals surface area contributed by atoms with Crippen molar-refractivity contribution in [3.8, 4) is 5.75 Å². The van der Waals surface area contributed by atoms with Crippen LogP contribution in [-0.2, 0) is 16.4 Å². The van der Waals surface area contributed by atoms with Gasteiger partial charge in [0.1, 0.15) is 5.75 Å². The van der Waals surface area contributed by atoms with Crippen molar-refractivity contribution in [1.82, 2.24) is 4.57 Å². The van der Waals surface area contributed by atoms with Gasteiger partial charge in [0.25, 0.3) is 5.91 Å². The highest BCUT2D eigenvalue weighted by Gasteiger charge is 2.13. The Morgan fingerprint density at radius 2 is 1.85 bits per heavy atom. The van der Waals surface area contributed by atoms with Crippen molar-refractivity contribution in [3.05, 3.63) is 52.8 Å². The van der Waals surface area contributed by atoms with E-state index < -0.39 is 15.7 Å². The molecule has 0 aliphatic heterocycles. The van der Waals surface area contributed by atoms with E-state index in [0.29, 0.717) is 16.9 Å². The number of amides is 1. The summed E-state index contributed by atoms with van der Waals surface area (Å²) in [5, 5.41) is 0. The van der Waals surface area contributed by atoms with E-state index in [1.165, 1.54) is 35.6 Å². The average Bonchev–Trinajstić information content (AvgIpc) is 3.03. The smallest absolute Gasteiger partial charge is 0.279 e. The van der Waals surface area contributed by atoms with Crippen LogP contribution in [0.2, 0.25) is 0 Å². The van der Waals surface area contributed by atoms with Gasteiger partial charge in [0.15, 0.2) is 14.6 Å². The molecule has 1 aromatic heterocycles. The molecule has 3 rings (SSSR count). The minimum Gasteiger partial charge on any atom is -0.497 e. The zero-order chi connectivity index (χ0) is 19.6. The zero-order valence-corrected chi connectivity index (χ0v) is 16.9. The molecule has 8 heteroatoms. The first-order valence-corrected chi connectivity index (χ1v) is 11.0. The Labute approximate surface area is 161 Å². The SMILES string of the molecule is CCn1c(=NC(=O)c2ccc(S(=O)(=O)CC)cc2)sc2cc(OC)ccc21.